The van der Waals surface area contributed by atoms with Crippen LogP contribution >= 0.6 is 0 Å². The van der Waals surface area contributed by atoms with E-state index in [0.29, 0.717) is 80.4 Å². The lowest BCUT2D eigenvalue weighted by molar-refractivity contribution is -0.274. The molecular weight excluding hydrogens is 597 g/mol. The van der Waals surface area contributed by atoms with Gasteiger partial charge in [0.1, 0.15) is 17.9 Å². The SMILES string of the molecule is O=C(NCCOCCOCCOCC1CC2C(O)C(O)C12)c1cccc(-c2cc(Nc3ccc(OC(F)(F)F)cc3)ncn2)c1. The fourth-order valence-electron chi connectivity index (χ4n) is 5.54. The second kappa shape index (κ2) is 15.0. The number of hydrogen-bond acceptors (Lipinski definition) is 10. The molecule has 2 saturated carbocycles. The number of ether oxygens (including phenoxy) is 4. The minimum atomic E-state index is -4.77. The molecule has 1 heterocycles. The van der Waals surface area contributed by atoms with Crippen molar-refractivity contribution in [3.63, 3.8) is 0 Å². The molecule has 0 saturated heterocycles. The van der Waals surface area contributed by atoms with E-state index in [-0.39, 0.29) is 23.5 Å². The molecule has 1 amide bonds. The van der Waals surface area contributed by atoms with Crippen LogP contribution in [0.1, 0.15) is 16.8 Å². The molecule has 14 heteroatoms. The van der Waals surface area contributed by atoms with Crippen LogP contribution in [0.15, 0.2) is 60.9 Å². The number of fused-ring (bicyclic) bond motifs is 1. The van der Waals surface area contributed by atoms with Gasteiger partial charge >= 0.3 is 6.36 Å². The summed E-state index contributed by atoms with van der Waals surface area (Å²) in [6.07, 6.45) is -3.70. The van der Waals surface area contributed by atoms with Crippen LogP contribution in [0.4, 0.5) is 24.7 Å². The van der Waals surface area contributed by atoms with Gasteiger partial charge in [-0.05, 0) is 60.6 Å². The first kappa shape index (κ1) is 32.6. The molecule has 0 radical (unpaired) electrons. The summed E-state index contributed by atoms with van der Waals surface area (Å²) in [6.45, 7) is 2.84. The highest BCUT2D eigenvalue weighted by Gasteiger charge is 2.59. The van der Waals surface area contributed by atoms with E-state index >= 15 is 0 Å². The maximum atomic E-state index is 12.7. The van der Waals surface area contributed by atoms with E-state index in [1.807, 2.05) is 0 Å². The third-order valence-corrected chi connectivity index (χ3v) is 7.85. The number of benzene rings is 2. The van der Waals surface area contributed by atoms with Crippen LogP contribution in [0.3, 0.4) is 0 Å². The standard InChI is InChI=1S/C31H35F3N4O7/c32-31(33,34)45-23-6-4-22(5-7-23)38-26-16-25(36-18-37-26)19-2-1-3-20(14-19)30(41)35-8-9-42-10-11-43-12-13-44-17-21-15-24-27(21)29(40)28(24)39/h1-7,14,16,18,21,24,27-29,39-40H,8-13,15,17H2,(H,35,41)(H,36,37,38). The Balaban J connectivity index is 0.963. The summed E-state index contributed by atoms with van der Waals surface area (Å²) < 4.78 is 57.7. The molecule has 2 aromatic carbocycles. The number of anilines is 2. The van der Waals surface area contributed by atoms with Gasteiger partial charge in [-0.15, -0.1) is 13.2 Å². The van der Waals surface area contributed by atoms with Crippen LogP contribution in [-0.2, 0) is 14.2 Å². The first-order valence-corrected chi connectivity index (χ1v) is 14.6. The Hall–Kier alpha value is -3.82. The summed E-state index contributed by atoms with van der Waals surface area (Å²) in [5, 5.41) is 25.2. The van der Waals surface area contributed by atoms with Gasteiger partial charge in [-0.2, -0.15) is 0 Å². The van der Waals surface area contributed by atoms with Gasteiger partial charge in [-0.25, -0.2) is 9.97 Å². The zero-order valence-corrected chi connectivity index (χ0v) is 24.3. The summed E-state index contributed by atoms with van der Waals surface area (Å²) in [4.78, 5) is 21.1. The Morgan fingerprint density at radius 2 is 1.64 bits per heavy atom. The summed E-state index contributed by atoms with van der Waals surface area (Å²) in [5.74, 6) is 0.517. The topological polar surface area (TPSA) is 144 Å². The van der Waals surface area contributed by atoms with Gasteiger partial charge in [0, 0.05) is 36.0 Å². The Bertz CT molecular complexity index is 1410. The summed E-state index contributed by atoms with van der Waals surface area (Å²) in [7, 11) is 0. The highest BCUT2D eigenvalue weighted by atomic mass is 19.4. The number of rotatable bonds is 16. The number of nitrogens with zero attached hydrogens (tertiary/aromatic N) is 2. The second-order valence-corrected chi connectivity index (χ2v) is 10.8. The van der Waals surface area contributed by atoms with Gasteiger partial charge < -0.3 is 39.8 Å². The number of hydrogen-bond donors (Lipinski definition) is 4. The van der Waals surface area contributed by atoms with Crippen molar-refractivity contribution >= 4 is 17.4 Å². The Labute approximate surface area is 257 Å². The van der Waals surface area contributed by atoms with Crippen LogP contribution in [0.25, 0.3) is 11.3 Å². The summed E-state index contributed by atoms with van der Waals surface area (Å²) in [5.41, 5.74) is 2.16. The number of amides is 1. The van der Waals surface area contributed by atoms with E-state index in [2.05, 4.69) is 25.3 Å². The molecule has 5 unspecified atom stereocenters. The fourth-order valence-corrected chi connectivity index (χ4v) is 5.54. The molecule has 2 fully saturated rings. The minimum Gasteiger partial charge on any atom is -0.406 e. The van der Waals surface area contributed by atoms with Gasteiger partial charge in [-0.1, -0.05) is 12.1 Å². The molecule has 45 heavy (non-hydrogen) atoms. The molecule has 0 bridgehead atoms. The fraction of sp³-hybridized carbons (Fsp3) is 0.452. The van der Waals surface area contributed by atoms with E-state index in [4.69, 9.17) is 14.2 Å². The predicted octanol–water partition coefficient (Wildman–Crippen LogP) is 3.55. The Kier molecular flexibility index (Phi) is 10.8. The number of nitrogens with one attached hydrogen (secondary N) is 2. The highest BCUT2D eigenvalue weighted by Crippen LogP contribution is 2.54. The van der Waals surface area contributed by atoms with Crippen molar-refractivity contribution in [2.45, 2.75) is 25.0 Å². The molecule has 0 spiro atoms. The third kappa shape index (κ3) is 8.89. The molecule has 1 aromatic heterocycles. The summed E-state index contributed by atoms with van der Waals surface area (Å²) >= 11 is 0. The van der Waals surface area contributed by atoms with Crippen LogP contribution in [0, 0.1) is 17.8 Å². The molecule has 3 aromatic rings. The second-order valence-electron chi connectivity index (χ2n) is 10.8. The Morgan fingerprint density at radius 1 is 0.911 bits per heavy atom. The van der Waals surface area contributed by atoms with E-state index in [0.717, 1.165) is 6.42 Å². The minimum absolute atomic E-state index is 0.169. The van der Waals surface area contributed by atoms with E-state index < -0.39 is 18.6 Å². The van der Waals surface area contributed by atoms with E-state index in [9.17, 15) is 28.2 Å². The molecule has 2 aliphatic rings. The van der Waals surface area contributed by atoms with Crippen LogP contribution in [0.2, 0.25) is 0 Å². The van der Waals surface area contributed by atoms with Crippen molar-refractivity contribution in [3.8, 4) is 17.0 Å². The molecule has 2 aliphatic carbocycles. The predicted molar refractivity (Wildman–Crippen MR) is 156 cm³/mol. The number of carbonyl (C=O) groups is 1. The quantitative estimate of drug-likeness (QED) is 0.173. The first-order valence-electron chi connectivity index (χ1n) is 14.6. The normalized spacial score (nSPS) is 22.1. The van der Waals surface area contributed by atoms with Crippen LogP contribution in [-0.4, -0.2) is 90.8 Å². The van der Waals surface area contributed by atoms with Gasteiger partial charge in [0.05, 0.1) is 50.9 Å². The number of aliphatic hydroxyl groups excluding tert-OH is 2. The van der Waals surface area contributed by atoms with E-state index in [1.165, 1.54) is 30.6 Å². The number of carbonyl (C=O) groups excluding carboxylic acids is 1. The summed E-state index contributed by atoms with van der Waals surface area (Å²) in [6, 6.07) is 13.8. The number of halogens is 3. The van der Waals surface area contributed by atoms with Crippen LogP contribution < -0.4 is 15.4 Å². The molecular formula is C31H35F3N4O7. The van der Waals surface area contributed by atoms with Crippen molar-refractivity contribution in [1.82, 2.24) is 15.3 Å². The lowest BCUT2D eigenvalue weighted by Gasteiger charge is -2.59. The van der Waals surface area contributed by atoms with Gasteiger partial charge in [0.2, 0.25) is 0 Å². The van der Waals surface area contributed by atoms with Crippen molar-refractivity contribution < 1.29 is 47.1 Å². The zero-order valence-electron chi connectivity index (χ0n) is 24.3. The monoisotopic (exact) mass is 632 g/mol. The third-order valence-electron chi connectivity index (χ3n) is 7.85. The zero-order chi connectivity index (χ0) is 31.8. The Morgan fingerprint density at radius 3 is 2.38 bits per heavy atom. The van der Waals surface area contributed by atoms with Gasteiger partial charge in [0.25, 0.3) is 5.91 Å². The number of alkyl halides is 3. The average Bonchev–Trinajstić information content (AvgIpc) is 3.01. The van der Waals surface area contributed by atoms with Gasteiger partial charge in [0.15, 0.2) is 0 Å². The van der Waals surface area contributed by atoms with Crippen molar-refractivity contribution in [2.24, 2.45) is 17.8 Å². The average molecular weight is 633 g/mol. The molecule has 5 atom stereocenters. The lowest BCUT2D eigenvalue weighted by Crippen LogP contribution is -2.66. The first-order chi connectivity index (χ1) is 21.7. The van der Waals surface area contributed by atoms with Gasteiger partial charge in [-0.3, -0.25) is 4.79 Å². The molecule has 0 aliphatic heterocycles. The molecule has 5 rings (SSSR count). The van der Waals surface area contributed by atoms with Crippen molar-refractivity contribution in [3.05, 3.63) is 66.5 Å². The smallest absolute Gasteiger partial charge is 0.406 e. The van der Waals surface area contributed by atoms with Crippen molar-refractivity contribution in [2.75, 3.05) is 51.5 Å². The largest absolute Gasteiger partial charge is 0.573 e. The molecule has 4 N–H and O–H groups in total. The highest BCUT2D eigenvalue weighted by molar-refractivity contribution is 5.95. The molecule has 242 valence electrons. The lowest BCUT2D eigenvalue weighted by atomic mass is 9.50. The molecule has 11 nitrogen and oxygen atoms in total. The number of aliphatic hydroxyl groups is 2. The maximum absolute atomic E-state index is 12.7. The maximum Gasteiger partial charge on any atom is 0.573 e. The van der Waals surface area contributed by atoms with Crippen molar-refractivity contribution in [1.29, 1.82) is 0 Å². The van der Waals surface area contributed by atoms with Crippen LogP contribution in [0.5, 0.6) is 5.75 Å². The van der Waals surface area contributed by atoms with E-state index in [1.54, 1.807) is 30.3 Å². The number of aromatic nitrogens is 2.